The van der Waals surface area contributed by atoms with Gasteiger partial charge < -0.3 is 18.9 Å². The Morgan fingerprint density at radius 2 is 1.79 bits per heavy atom. The molecule has 2 aromatic rings. The molecular formula is C22H22BrNO5. The molecule has 0 aromatic heterocycles. The summed E-state index contributed by atoms with van der Waals surface area (Å²) in [4.78, 5) is 11.8. The zero-order valence-electron chi connectivity index (χ0n) is 16.3. The third kappa shape index (κ3) is 6.84. The second kappa shape index (κ2) is 11.8. The third-order valence-corrected chi connectivity index (χ3v) is 4.19. The Bertz CT molecular complexity index is 890. The van der Waals surface area contributed by atoms with E-state index in [9.17, 15) is 10.1 Å². The summed E-state index contributed by atoms with van der Waals surface area (Å²) in [6.07, 6.45) is 1.45. The molecule has 0 aliphatic rings. The normalized spacial score (nSPS) is 10.8. The molecule has 2 rings (SSSR count). The van der Waals surface area contributed by atoms with Gasteiger partial charge >= 0.3 is 5.97 Å². The molecule has 0 radical (unpaired) electrons. The fourth-order valence-electron chi connectivity index (χ4n) is 2.41. The second-order valence-corrected chi connectivity index (χ2v) is 6.52. The lowest BCUT2D eigenvalue weighted by atomic mass is 10.1. The Morgan fingerprint density at radius 1 is 1.07 bits per heavy atom. The molecule has 0 bridgehead atoms. The minimum atomic E-state index is -0.664. The smallest absolute Gasteiger partial charge is 0.348 e. The van der Waals surface area contributed by atoms with Gasteiger partial charge in [0.2, 0.25) is 0 Å². The summed E-state index contributed by atoms with van der Waals surface area (Å²) in [5.41, 5.74) is 0.518. The van der Waals surface area contributed by atoms with Gasteiger partial charge in [-0.3, -0.25) is 0 Å². The van der Waals surface area contributed by atoms with E-state index in [1.54, 1.807) is 19.1 Å². The van der Waals surface area contributed by atoms with Crippen molar-refractivity contribution in [3.05, 3.63) is 58.1 Å². The molecule has 0 saturated heterocycles. The number of halogens is 1. The first-order valence-corrected chi connectivity index (χ1v) is 9.94. The molecule has 0 unspecified atom stereocenters. The van der Waals surface area contributed by atoms with E-state index in [4.69, 9.17) is 18.9 Å². The largest absolute Gasteiger partial charge is 0.490 e. The molecule has 7 heteroatoms. The molecule has 0 heterocycles. The summed E-state index contributed by atoms with van der Waals surface area (Å²) in [5.74, 6) is 1.12. The van der Waals surface area contributed by atoms with Gasteiger partial charge in [-0.25, -0.2) is 4.79 Å². The van der Waals surface area contributed by atoms with E-state index in [-0.39, 0.29) is 12.2 Å². The highest BCUT2D eigenvalue weighted by molar-refractivity contribution is 9.10. The topological polar surface area (TPSA) is 77.8 Å². The van der Waals surface area contributed by atoms with E-state index in [2.05, 4.69) is 15.9 Å². The Morgan fingerprint density at radius 3 is 2.45 bits per heavy atom. The number of nitrogens with zero attached hydrogens (tertiary/aromatic N) is 1. The van der Waals surface area contributed by atoms with Gasteiger partial charge in [-0.15, -0.1) is 0 Å². The lowest BCUT2D eigenvalue weighted by Crippen LogP contribution is -2.10. The molecule has 152 valence electrons. The first-order valence-electron chi connectivity index (χ1n) is 9.14. The van der Waals surface area contributed by atoms with Crippen molar-refractivity contribution in [1.82, 2.24) is 0 Å². The molecular weight excluding hydrogens is 438 g/mol. The van der Waals surface area contributed by atoms with Gasteiger partial charge in [-0.2, -0.15) is 5.26 Å². The number of rotatable bonds is 10. The van der Waals surface area contributed by atoms with Crippen LogP contribution in [-0.4, -0.2) is 32.4 Å². The molecule has 0 aliphatic heterocycles. The number of benzene rings is 2. The van der Waals surface area contributed by atoms with Crippen molar-refractivity contribution in [2.45, 2.75) is 13.8 Å². The standard InChI is InChI=1S/C22H22BrNO5/c1-3-26-20-14-16(12-17(15-24)22(25)27-4-2)13-19(23)21(20)29-11-10-28-18-8-6-5-7-9-18/h5-9,12-14H,3-4,10-11H2,1-2H3/b17-12-. The maximum atomic E-state index is 11.8. The molecule has 0 fully saturated rings. The highest BCUT2D eigenvalue weighted by Crippen LogP contribution is 2.37. The maximum Gasteiger partial charge on any atom is 0.348 e. The summed E-state index contributed by atoms with van der Waals surface area (Å²) in [6, 6.07) is 14.8. The quantitative estimate of drug-likeness (QED) is 0.220. The lowest BCUT2D eigenvalue weighted by molar-refractivity contribution is -0.137. The van der Waals surface area contributed by atoms with Gasteiger partial charge in [0.1, 0.15) is 30.6 Å². The van der Waals surface area contributed by atoms with Crippen molar-refractivity contribution < 1.29 is 23.7 Å². The van der Waals surface area contributed by atoms with E-state index >= 15 is 0 Å². The second-order valence-electron chi connectivity index (χ2n) is 5.66. The highest BCUT2D eigenvalue weighted by atomic mass is 79.9. The van der Waals surface area contributed by atoms with E-state index in [0.717, 1.165) is 5.75 Å². The molecule has 0 N–H and O–H groups in total. The van der Waals surface area contributed by atoms with Crippen LogP contribution in [0.1, 0.15) is 19.4 Å². The molecule has 29 heavy (non-hydrogen) atoms. The predicted molar refractivity (Wildman–Crippen MR) is 113 cm³/mol. The Balaban J connectivity index is 2.14. The highest BCUT2D eigenvalue weighted by Gasteiger charge is 2.15. The van der Waals surface area contributed by atoms with Crippen molar-refractivity contribution in [2.24, 2.45) is 0 Å². The van der Waals surface area contributed by atoms with Gasteiger partial charge in [-0.1, -0.05) is 18.2 Å². The van der Waals surface area contributed by atoms with Crippen LogP contribution in [0.4, 0.5) is 0 Å². The summed E-state index contributed by atoms with van der Waals surface area (Å²) in [7, 11) is 0. The number of para-hydroxylation sites is 1. The number of carbonyl (C=O) groups excluding carboxylic acids is 1. The SMILES string of the molecule is CCOC(=O)/C(C#N)=C\c1cc(Br)c(OCCOc2ccccc2)c(OCC)c1. The van der Waals surface area contributed by atoms with Crippen LogP contribution in [0.5, 0.6) is 17.2 Å². The molecule has 0 spiro atoms. The fourth-order valence-corrected chi connectivity index (χ4v) is 2.98. The number of nitriles is 1. The Hall–Kier alpha value is -2.98. The monoisotopic (exact) mass is 459 g/mol. The summed E-state index contributed by atoms with van der Waals surface area (Å²) in [6.45, 7) is 4.85. The summed E-state index contributed by atoms with van der Waals surface area (Å²) >= 11 is 3.47. The van der Waals surface area contributed by atoms with E-state index in [1.165, 1.54) is 6.08 Å². The predicted octanol–water partition coefficient (Wildman–Crippen LogP) is 4.78. The van der Waals surface area contributed by atoms with Crippen LogP contribution in [0.2, 0.25) is 0 Å². The molecule has 0 amide bonds. The van der Waals surface area contributed by atoms with Crippen LogP contribution in [0.3, 0.4) is 0 Å². The summed E-state index contributed by atoms with van der Waals surface area (Å²) in [5, 5.41) is 9.22. The molecule has 0 atom stereocenters. The fraction of sp³-hybridized carbons (Fsp3) is 0.273. The molecule has 2 aromatic carbocycles. The van der Waals surface area contributed by atoms with Crippen molar-refractivity contribution in [3.63, 3.8) is 0 Å². The van der Waals surface area contributed by atoms with Crippen molar-refractivity contribution in [2.75, 3.05) is 26.4 Å². The van der Waals surface area contributed by atoms with Crippen LogP contribution >= 0.6 is 15.9 Å². The Kier molecular flexibility index (Phi) is 9.06. The minimum absolute atomic E-state index is 0.0915. The number of hydrogen-bond acceptors (Lipinski definition) is 6. The molecule has 0 saturated carbocycles. The van der Waals surface area contributed by atoms with Gasteiger partial charge in [0.25, 0.3) is 0 Å². The average molecular weight is 460 g/mol. The number of ether oxygens (including phenoxy) is 4. The van der Waals surface area contributed by atoms with Gasteiger partial charge in [0.15, 0.2) is 11.5 Å². The maximum absolute atomic E-state index is 11.8. The Labute approximate surface area is 178 Å². The zero-order valence-corrected chi connectivity index (χ0v) is 17.9. The first kappa shape index (κ1) is 22.3. The third-order valence-electron chi connectivity index (χ3n) is 3.60. The minimum Gasteiger partial charge on any atom is -0.490 e. The number of esters is 1. The van der Waals surface area contributed by atoms with E-state index in [1.807, 2.05) is 43.3 Å². The van der Waals surface area contributed by atoms with Crippen molar-refractivity contribution in [3.8, 4) is 23.3 Å². The first-order chi connectivity index (χ1) is 14.1. The van der Waals surface area contributed by atoms with Gasteiger partial charge in [-0.05, 0) is 65.7 Å². The number of carbonyl (C=O) groups is 1. The van der Waals surface area contributed by atoms with Crippen LogP contribution in [0, 0.1) is 11.3 Å². The summed E-state index contributed by atoms with van der Waals surface area (Å²) < 4.78 is 22.7. The molecule has 6 nitrogen and oxygen atoms in total. The zero-order chi connectivity index (χ0) is 21.1. The van der Waals surface area contributed by atoms with Crippen LogP contribution in [-0.2, 0) is 9.53 Å². The van der Waals surface area contributed by atoms with E-state index in [0.29, 0.717) is 41.4 Å². The van der Waals surface area contributed by atoms with Crippen molar-refractivity contribution in [1.29, 1.82) is 5.26 Å². The lowest BCUT2D eigenvalue weighted by Gasteiger charge is -2.15. The number of hydrogen-bond donors (Lipinski definition) is 0. The van der Waals surface area contributed by atoms with Crippen LogP contribution in [0.25, 0.3) is 6.08 Å². The van der Waals surface area contributed by atoms with Crippen LogP contribution in [0.15, 0.2) is 52.5 Å². The van der Waals surface area contributed by atoms with Gasteiger partial charge in [0, 0.05) is 0 Å². The average Bonchev–Trinajstić information content (AvgIpc) is 2.72. The van der Waals surface area contributed by atoms with E-state index < -0.39 is 5.97 Å². The van der Waals surface area contributed by atoms with Crippen LogP contribution < -0.4 is 14.2 Å². The molecule has 0 aliphatic carbocycles. The van der Waals surface area contributed by atoms with Gasteiger partial charge in [0.05, 0.1) is 17.7 Å². The van der Waals surface area contributed by atoms with Crippen molar-refractivity contribution >= 4 is 28.0 Å².